The van der Waals surface area contributed by atoms with Crippen molar-refractivity contribution in [3.05, 3.63) is 0 Å². The van der Waals surface area contributed by atoms with E-state index in [1.807, 2.05) is 6.92 Å². The second kappa shape index (κ2) is 5.49. The Hall–Kier alpha value is -0.410. The molecule has 4 atom stereocenters. The van der Waals surface area contributed by atoms with E-state index < -0.39 is 0 Å². The molecule has 0 aromatic heterocycles. The fourth-order valence-corrected chi connectivity index (χ4v) is 3.20. The first-order valence-electron chi connectivity index (χ1n) is 6.90. The standard InChI is InChI=1S/C14H24O3/c1-4-16-14-12(15)8-13(14)17-11-6-9(2)5-10(3)7-11/h9-11,13-14H,4-8H2,1-3H3. The van der Waals surface area contributed by atoms with Crippen LogP contribution in [-0.4, -0.2) is 30.7 Å². The van der Waals surface area contributed by atoms with Gasteiger partial charge in [-0.05, 0) is 38.0 Å². The van der Waals surface area contributed by atoms with Crippen LogP contribution >= 0.6 is 0 Å². The number of carbonyl (C=O) groups excluding carboxylic acids is 1. The zero-order valence-corrected chi connectivity index (χ0v) is 11.1. The summed E-state index contributed by atoms with van der Waals surface area (Å²) in [5.74, 6) is 1.68. The lowest BCUT2D eigenvalue weighted by Gasteiger charge is -2.40. The Morgan fingerprint density at radius 2 is 1.82 bits per heavy atom. The molecule has 2 aliphatic carbocycles. The second-order valence-corrected chi connectivity index (χ2v) is 5.76. The SMILES string of the molecule is CCOC1C(=O)CC1OC1CC(C)CC(C)C1. The number of ether oxygens (including phenoxy) is 2. The average Bonchev–Trinajstić information content (AvgIpc) is 2.24. The fraction of sp³-hybridized carbons (Fsp3) is 0.929. The zero-order valence-electron chi connectivity index (χ0n) is 11.1. The maximum Gasteiger partial charge on any atom is 0.166 e. The molecule has 0 aliphatic heterocycles. The molecule has 2 rings (SSSR count). The molecular formula is C14H24O3. The number of Topliss-reactive ketones (excluding diaryl/α,β-unsaturated/α-hetero) is 1. The van der Waals surface area contributed by atoms with Crippen LogP contribution in [0, 0.1) is 11.8 Å². The van der Waals surface area contributed by atoms with Crippen molar-refractivity contribution in [2.75, 3.05) is 6.61 Å². The van der Waals surface area contributed by atoms with Crippen molar-refractivity contribution in [1.29, 1.82) is 0 Å². The van der Waals surface area contributed by atoms with Crippen LogP contribution in [0.5, 0.6) is 0 Å². The highest BCUT2D eigenvalue weighted by atomic mass is 16.6. The Kier molecular flexibility index (Phi) is 4.21. The molecule has 0 aromatic carbocycles. The molecule has 2 aliphatic rings. The van der Waals surface area contributed by atoms with Crippen LogP contribution < -0.4 is 0 Å². The molecule has 17 heavy (non-hydrogen) atoms. The van der Waals surface area contributed by atoms with E-state index in [1.54, 1.807) is 0 Å². The molecule has 0 spiro atoms. The van der Waals surface area contributed by atoms with E-state index in [2.05, 4.69) is 13.8 Å². The third-order valence-electron chi connectivity index (χ3n) is 3.91. The van der Waals surface area contributed by atoms with Crippen LogP contribution in [0.15, 0.2) is 0 Å². The summed E-state index contributed by atoms with van der Waals surface area (Å²) >= 11 is 0. The quantitative estimate of drug-likeness (QED) is 0.757. The Morgan fingerprint density at radius 1 is 1.18 bits per heavy atom. The van der Waals surface area contributed by atoms with Gasteiger partial charge in [-0.15, -0.1) is 0 Å². The van der Waals surface area contributed by atoms with Gasteiger partial charge < -0.3 is 9.47 Å². The van der Waals surface area contributed by atoms with Crippen molar-refractivity contribution in [3.8, 4) is 0 Å². The minimum absolute atomic E-state index is 0.0185. The summed E-state index contributed by atoms with van der Waals surface area (Å²) in [6.45, 7) is 7.09. The molecule has 2 saturated carbocycles. The van der Waals surface area contributed by atoms with Gasteiger partial charge in [-0.1, -0.05) is 13.8 Å². The summed E-state index contributed by atoms with van der Waals surface area (Å²) in [5.41, 5.74) is 0. The number of ketones is 1. The van der Waals surface area contributed by atoms with E-state index in [9.17, 15) is 4.79 Å². The molecular weight excluding hydrogens is 216 g/mol. The van der Waals surface area contributed by atoms with Gasteiger partial charge in [0.05, 0.1) is 12.2 Å². The molecule has 98 valence electrons. The van der Waals surface area contributed by atoms with Crippen molar-refractivity contribution in [2.45, 2.75) is 64.8 Å². The molecule has 3 heteroatoms. The molecule has 0 bridgehead atoms. The van der Waals surface area contributed by atoms with Gasteiger partial charge in [-0.25, -0.2) is 0 Å². The van der Waals surface area contributed by atoms with Crippen LogP contribution in [0.3, 0.4) is 0 Å². The predicted molar refractivity (Wildman–Crippen MR) is 65.9 cm³/mol. The first-order chi connectivity index (χ1) is 8.10. The highest BCUT2D eigenvalue weighted by molar-refractivity contribution is 5.90. The Balaban J connectivity index is 1.82. The number of carbonyl (C=O) groups is 1. The van der Waals surface area contributed by atoms with E-state index in [4.69, 9.17) is 9.47 Å². The average molecular weight is 240 g/mol. The third-order valence-corrected chi connectivity index (χ3v) is 3.91. The number of hydrogen-bond acceptors (Lipinski definition) is 3. The highest BCUT2D eigenvalue weighted by Crippen LogP contribution is 2.34. The van der Waals surface area contributed by atoms with Crippen molar-refractivity contribution in [2.24, 2.45) is 11.8 Å². The van der Waals surface area contributed by atoms with Crippen LogP contribution in [0.25, 0.3) is 0 Å². The Morgan fingerprint density at radius 3 is 2.35 bits per heavy atom. The number of rotatable bonds is 4. The van der Waals surface area contributed by atoms with Gasteiger partial charge in [0.1, 0.15) is 6.10 Å². The topological polar surface area (TPSA) is 35.5 Å². The molecule has 3 nitrogen and oxygen atoms in total. The summed E-state index contributed by atoms with van der Waals surface area (Å²) in [6.07, 6.45) is 4.18. The van der Waals surface area contributed by atoms with Gasteiger partial charge in [-0.2, -0.15) is 0 Å². The maximum absolute atomic E-state index is 11.4. The molecule has 0 N–H and O–H groups in total. The first-order valence-corrected chi connectivity index (χ1v) is 6.90. The maximum atomic E-state index is 11.4. The summed E-state index contributed by atoms with van der Waals surface area (Å²) in [4.78, 5) is 11.4. The molecule has 0 saturated heterocycles. The normalized spacial score (nSPS) is 42.3. The second-order valence-electron chi connectivity index (χ2n) is 5.76. The van der Waals surface area contributed by atoms with Crippen LogP contribution in [0.1, 0.15) is 46.5 Å². The lowest BCUT2D eigenvalue weighted by molar-refractivity contribution is -0.177. The van der Waals surface area contributed by atoms with Crippen LogP contribution in [0.4, 0.5) is 0 Å². The van der Waals surface area contributed by atoms with Crippen LogP contribution in [0.2, 0.25) is 0 Å². The van der Waals surface area contributed by atoms with E-state index in [-0.39, 0.29) is 18.0 Å². The fourth-order valence-electron chi connectivity index (χ4n) is 3.20. The van der Waals surface area contributed by atoms with Crippen LogP contribution in [-0.2, 0) is 14.3 Å². The summed E-state index contributed by atoms with van der Waals surface area (Å²) in [5, 5.41) is 0. The van der Waals surface area contributed by atoms with E-state index in [0.717, 1.165) is 24.7 Å². The van der Waals surface area contributed by atoms with Gasteiger partial charge in [0.2, 0.25) is 0 Å². The van der Waals surface area contributed by atoms with Crippen molar-refractivity contribution < 1.29 is 14.3 Å². The number of hydrogen-bond donors (Lipinski definition) is 0. The van der Waals surface area contributed by atoms with Crippen molar-refractivity contribution in [3.63, 3.8) is 0 Å². The summed E-state index contributed by atoms with van der Waals surface area (Å²) in [6, 6.07) is 0. The smallest absolute Gasteiger partial charge is 0.166 e. The van der Waals surface area contributed by atoms with Gasteiger partial charge in [0, 0.05) is 13.0 Å². The van der Waals surface area contributed by atoms with Crippen molar-refractivity contribution >= 4 is 5.78 Å². The van der Waals surface area contributed by atoms with Gasteiger partial charge in [0.15, 0.2) is 5.78 Å². The largest absolute Gasteiger partial charge is 0.371 e. The van der Waals surface area contributed by atoms with Gasteiger partial charge in [-0.3, -0.25) is 4.79 Å². The lowest BCUT2D eigenvalue weighted by atomic mass is 9.81. The minimum atomic E-state index is -0.285. The minimum Gasteiger partial charge on any atom is -0.371 e. The molecule has 0 radical (unpaired) electrons. The van der Waals surface area contributed by atoms with E-state index in [1.165, 1.54) is 6.42 Å². The predicted octanol–water partition coefficient (Wildman–Crippen LogP) is 2.57. The van der Waals surface area contributed by atoms with E-state index >= 15 is 0 Å². The first kappa shape index (κ1) is 13.0. The third kappa shape index (κ3) is 3.08. The Labute approximate surface area is 104 Å². The Bertz CT molecular complexity index is 267. The summed E-state index contributed by atoms with van der Waals surface area (Å²) in [7, 11) is 0. The lowest BCUT2D eigenvalue weighted by Crippen LogP contribution is -2.52. The molecule has 0 heterocycles. The van der Waals surface area contributed by atoms with Crippen molar-refractivity contribution in [1.82, 2.24) is 0 Å². The summed E-state index contributed by atoms with van der Waals surface area (Å²) < 4.78 is 11.5. The van der Waals surface area contributed by atoms with Gasteiger partial charge >= 0.3 is 0 Å². The van der Waals surface area contributed by atoms with E-state index in [0.29, 0.717) is 19.1 Å². The molecule has 2 fully saturated rings. The van der Waals surface area contributed by atoms with Gasteiger partial charge in [0.25, 0.3) is 0 Å². The monoisotopic (exact) mass is 240 g/mol. The molecule has 0 amide bonds. The molecule has 0 aromatic rings. The molecule has 4 unspecified atom stereocenters. The zero-order chi connectivity index (χ0) is 12.4. The highest BCUT2D eigenvalue weighted by Gasteiger charge is 2.43.